The number of esters is 3. The molecule has 0 aliphatic heterocycles. The smallest absolute Gasteiger partial charge is 0.306 e. The van der Waals surface area contributed by atoms with Gasteiger partial charge in [0.15, 0.2) is 6.10 Å². The summed E-state index contributed by atoms with van der Waals surface area (Å²) in [5, 5.41) is 0. The second kappa shape index (κ2) is 21.4. The normalized spacial score (nSPS) is 11.1. The predicted molar refractivity (Wildman–Crippen MR) is 123 cm³/mol. The zero-order valence-electron chi connectivity index (χ0n) is 20.0. The SMILES string of the molecule is CCCCCCCC/C=C/CCCCCCCC(=O)OC(COC(C)=O)COC(C)=O. The third-order valence-electron chi connectivity index (χ3n) is 4.89. The van der Waals surface area contributed by atoms with Crippen molar-refractivity contribution in [3.8, 4) is 0 Å². The zero-order chi connectivity index (χ0) is 23.2. The molecule has 0 aliphatic rings. The topological polar surface area (TPSA) is 78.9 Å². The Morgan fingerprint density at radius 3 is 1.61 bits per heavy atom. The van der Waals surface area contributed by atoms with Gasteiger partial charge in [0, 0.05) is 20.3 Å². The van der Waals surface area contributed by atoms with Gasteiger partial charge in [0.25, 0.3) is 0 Å². The summed E-state index contributed by atoms with van der Waals surface area (Å²) in [7, 11) is 0. The van der Waals surface area contributed by atoms with E-state index in [4.69, 9.17) is 14.2 Å². The van der Waals surface area contributed by atoms with Crippen molar-refractivity contribution >= 4 is 17.9 Å². The lowest BCUT2D eigenvalue weighted by molar-refractivity contribution is -0.165. The van der Waals surface area contributed by atoms with Crippen LogP contribution >= 0.6 is 0 Å². The Labute approximate surface area is 189 Å². The van der Waals surface area contributed by atoms with E-state index in [0.29, 0.717) is 6.42 Å². The largest absolute Gasteiger partial charge is 0.462 e. The lowest BCUT2D eigenvalue weighted by Gasteiger charge is -2.17. The molecule has 6 nitrogen and oxygen atoms in total. The molecule has 0 aromatic carbocycles. The summed E-state index contributed by atoms with van der Waals surface area (Å²) in [5.74, 6) is -1.30. The molecule has 0 N–H and O–H groups in total. The van der Waals surface area contributed by atoms with Gasteiger partial charge < -0.3 is 14.2 Å². The molecule has 0 fully saturated rings. The van der Waals surface area contributed by atoms with Crippen molar-refractivity contribution in [2.75, 3.05) is 13.2 Å². The second-order valence-corrected chi connectivity index (χ2v) is 8.05. The maximum absolute atomic E-state index is 12.0. The van der Waals surface area contributed by atoms with Crippen LogP contribution in [-0.2, 0) is 28.6 Å². The van der Waals surface area contributed by atoms with Crippen LogP contribution in [0.2, 0.25) is 0 Å². The highest BCUT2D eigenvalue weighted by atomic mass is 16.6. The van der Waals surface area contributed by atoms with Crippen molar-refractivity contribution in [2.24, 2.45) is 0 Å². The van der Waals surface area contributed by atoms with Crippen LogP contribution in [0.25, 0.3) is 0 Å². The summed E-state index contributed by atoms with van der Waals surface area (Å²) < 4.78 is 15.0. The van der Waals surface area contributed by atoms with Crippen molar-refractivity contribution in [2.45, 2.75) is 117 Å². The van der Waals surface area contributed by atoms with Crippen molar-refractivity contribution < 1.29 is 28.6 Å². The highest BCUT2D eigenvalue weighted by Crippen LogP contribution is 2.11. The van der Waals surface area contributed by atoms with Crippen LogP contribution in [0.1, 0.15) is 111 Å². The fourth-order valence-corrected chi connectivity index (χ4v) is 3.12. The van der Waals surface area contributed by atoms with Crippen LogP contribution < -0.4 is 0 Å². The fraction of sp³-hybridized carbons (Fsp3) is 0.800. The van der Waals surface area contributed by atoms with Crippen molar-refractivity contribution in [1.29, 1.82) is 0 Å². The average Bonchev–Trinajstić information content (AvgIpc) is 2.72. The summed E-state index contributed by atoms with van der Waals surface area (Å²) >= 11 is 0. The third-order valence-corrected chi connectivity index (χ3v) is 4.89. The number of hydrogen-bond donors (Lipinski definition) is 0. The number of unbranched alkanes of at least 4 members (excludes halogenated alkanes) is 11. The highest BCUT2D eigenvalue weighted by Gasteiger charge is 2.17. The molecule has 6 heteroatoms. The van der Waals surface area contributed by atoms with Crippen molar-refractivity contribution in [3.63, 3.8) is 0 Å². The Morgan fingerprint density at radius 1 is 0.677 bits per heavy atom. The Morgan fingerprint density at radius 2 is 1.13 bits per heavy atom. The summed E-state index contributed by atoms with van der Waals surface area (Å²) in [6.07, 6.45) is 19.8. The van der Waals surface area contributed by atoms with Crippen LogP contribution in [0.3, 0.4) is 0 Å². The van der Waals surface area contributed by atoms with Crippen LogP contribution in [-0.4, -0.2) is 37.2 Å². The van der Waals surface area contributed by atoms with E-state index in [1.54, 1.807) is 0 Å². The molecule has 0 aliphatic carbocycles. The molecule has 0 radical (unpaired) electrons. The number of carbonyl (C=O) groups is 3. The number of carbonyl (C=O) groups excluding carboxylic acids is 3. The lowest BCUT2D eigenvalue weighted by Crippen LogP contribution is -2.30. The van der Waals surface area contributed by atoms with Crippen LogP contribution in [0.5, 0.6) is 0 Å². The molecule has 0 saturated carbocycles. The summed E-state index contributed by atoms with van der Waals surface area (Å²) in [4.78, 5) is 33.8. The third kappa shape index (κ3) is 22.7. The molecular weight excluding hydrogens is 396 g/mol. The van der Waals surface area contributed by atoms with E-state index in [9.17, 15) is 14.4 Å². The molecule has 0 rings (SSSR count). The lowest BCUT2D eigenvalue weighted by atomic mass is 10.1. The molecule has 0 aromatic rings. The van der Waals surface area contributed by atoms with Gasteiger partial charge in [0.1, 0.15) is 13.2 Å². The maximum Gasteiger partial charge on any atom is 0.306 e. The van der Waals surface area contributed by atoms with Gasteiger partial charge in [-0.1, -0.05) is 70.4 Å². The van der Waals surface area contributed by atoms with Gasteiger partial charge in [-0.25, -0.2) is 0 Å². The Bertz CT molecular complexity index is 482. The standard InChI is InChI=1S/C25H44O6/c1-4-5-6-7-8-9-10-11-12-13-14-15-16-17-18-19-25(28)31-24(20-29-22(2)26)21-30-23(3)27/h11-12,24H,4-10,13-21H2,1-3H3/b12-11+. The van der Waals surface area contributed by atoms with Crippen molar-refractivity contribution in [3.05, 3.63) is 12.2 Å². The van der Waals surface area contributed by atoms with Gasteiger partial charge in [-0.3, -0.25) is 14.4 Å². The first-order valence-corrected chi connectivity index (χ1v) is 12.1. The Balaban J connectivity index is 3.66. The summed E-state index contributed by atoms with van der Waals surface area (Å²) in [6.45, 7) is 4.57. The van der Waals surface area contributed by atoms with E-state index in [0.717, 1.165) is 32.1 Å². The van der Waals surface area contributed by atoms with E-state index >= 15 is 0 Å². The number of hydrogen-bond acceptors (Lipinski definition) is 6. The molecule has 180 valence electrons. The van der Waals surface area contributed by atoms with Gasteiger partial charge in [0.2, 0.25) is 0 Å². The molecule has 0 saturated heterocycles. The minimum absolute atomic E-state index is 0.110. The summed E-state index contributed by atoms with van der Waals surface area (Å²) in [6, 6.07) is 0. The molecule has 31 heavy (non-hydrogen) atoms. The van der Waals surface area contributed by atoms with Crippen LogP contribution in [0.4, 0.5) is 0 Å². The van der Waals surface area contributed by atoms with E-state index in [2.05, 4.69) is 19.1 Å². The monoisotopic (exact) mass is 440 g/mol. The van der Waals surface area contributed by atoms with Gasteiger partial charge in [-0.2, -0.15) is 0 Å². The van der Waals surface area contributed by atoms with E-state index in [1.807, 2.05) is 0 Å². The second-order valence-electron chi connectivity index (χ2n) is 8.05. The molecule has 0 unspecified atom stereocenters. The van der Waals surface area contributed by atoms with Gasteiger partial charge >= 0.3 is 17.9 Å². The molecule has 0 spiro atoms. The average molecular weight is 441 g/mol. The molecule has 0 atom stereocenters. The molecule has 0 aromatic heterocycles. The Hall–Kier alpha value is -1.85. The minimum atomic E-state index is -0.761. The van der Waals surface area contributed by atoms with E-state index < -0.39 is 18.0 Å². The highest BCUT2D eigenvalue weighted by molar-refractivity contribution is 5.70. The first-order chi connectivity index (χ1) is 15.0. The number of allylic oxidation sites excluding steroid dienone is 2. The van der Waals surface area contributed by atoms with Gasteiger partial charge in [-0.15, -0.1) is 0 Å². The minimum Gasteiger partial charge on any atom is -0.462 e. The van der Waals surface area contributed by atoms with Crippen LogP contribution in [0.15, 0.2) is 12.2 Å². The zero-order valence-corrected chi connectivity index (χ0v) is 20.0. The quantitative estimate of drug-likeness (QED) is 0.0990. The predicted octanol–water partition coefficient (Wildman–Crippen LogP) is 6.06. The van der Waals surface area contributed by atoms with E-state index in [1.165, 1.54) is 65.2 Å². The van der Waals surface area contributed by atoms with Gasteiger partial charge in [0.05, 0.1) is 0 Å². The molecule has 0 bridgehead atoms. The van der Waals surface area contributed by atoms with E-state index in [-0.39, 0.29) is 19.2 Å². The molecular formula is C25H44O6. The maximum atomic E-state index is 12.0. The first kappa shape index (κ1) is 29.1. The summed E-state index contributed by atoms with van der Waals surface area (Å²) in [5.41, 5.74) is 0. The molecule has 0 heterocycles. The number of ether oxygens (including phenoxy) is 3. The first-order valence-electron chi connectivity index (χ1n) is 12.1. The Kier molecular flexibility index (Phi) is 20.1. The fourth-order valence-electron chi connectivity index (χ4n) is 3.12. The van der Waals surface area contributed by atoms with Gasteiger partial charge in [-0.05, 0) is 32.1 Å². The van der Waals surface area contributed by atoms with Crippen LogP contribution in [0, 0.1) is 0 Å². The van der Waals surface area contributed by atoms with Crippen molar-refractivity contribution in [1.82, 2.24) is 0 Å². The number of rotatable bonds is 20. The molecule has 0 amide bonds.